The van der Waals surface area contributed by atoms with E-state index in [4.69, 9.17) is 4.74 Å². The van der Waals surface area contributed by atoms with Gasteiger partial charge < -0.3 is 4.74 Å². The average Bonchev–Trinajstić information content (AvgIpc) is 3.04. The van der Waals surface area contributed by atoms with E-state index in [9.17, 15) is 0 Å². The predicted octanol–water partition coefficient (Wildman–Crippen LogP) is 5.81. The molecule has 0 aliphatic rings. The van der Waals surface area contributed by atoms with Gasteiger partial charge in [0, 0.05) is 15.3 Å². The summed E-state index contributed by atoms with van der Waals surface area (Å²) in [5, 5.41) is 2.15. The van der Waals surface area contributed by atoms with Gasteiger partial charge >= 0.3 is 0 Å². The summed E-state index contributed by atoms with van der Waals surface area (Å²) in [6.45, 7) is 0. The molecule has 3 heteroatoms. The lowest BCUT2D eigenvalue weighted by Crippen LogP contribution is -1.83. The van der Waals surface area contributed by atoms with Crippen molar-refractivity contribution in [3.63, 3.8) is 0 Å². The molecule has 0 bridgehead atoms. The molecule has 0 radical (unpaired) electrons. The zero-order valence-corrected chi connectivity index (χ0v) is 13.6. The standard InChI is InChI=1S/C18H16OS2/c1-19-15-7-3-14(4-8-15)18-17(11-12-21-18)13-5-9-16(20-2)10-6-13/h3-12H,1-2H3. The number of methoxy groups -OCH3 is 1. The number of hydrogen-bond donors (Lipinski definition) is 0. The quantitative estimate of drug-likeness (QED) is 0.562. The van der Waals surface area contributed by atoms with Crippen LogP contribution in [0.1, 0.15) is 0 Å². The molecule has 1 nitrogen and oxygen atoms in total. The molecule has 3 aromatic rings. The Morgan fingerprint density at radius 1 is 0.857 bits per heavy atom. The topological polar surface area (TPSA) is 9.23 Å². The van der Waals surface area contributed by atoms with Crippen LogP contribution in [0, 0.1) is 0 Å². The Morgan fingerprint density at radius 3 is 2.14 bits per heavy atom. The van der Waals surface area contributed by atoms with E-state index in [0.29, 0.717) is 0 Å². The van der Waals surface area contributed by atoms with Gasteiger partial charge in [0.1, 0.15) is 5.75 Å². The van der Waals surface area contributed by atoms with Crippen molar-refractivity contribution in [2.45, 2.75) is 4.90 Å². The van der Waals surface area contributed by atoms with Gasteiger partial charge in [0.25, 0.3) is 0 Å². The summed E-state index contributed by atoms with van der Waals surface area (Å²) in [5.41, 5.74) is 3.78. The smallest absolute Gasteiger partial charge is 0.118 e. The first kappa shape index (κ1) is 14.2. The van der Waals surface area contributed by atoms with E-state index in [-0.39, 0.29) is 0 Å². The van der Waals surface area contributed by atoms with Gasteiger partial charge in [0.2, 0.25) is 0 Å². The Labute approximate surface area is 133 Å². The summed E-state index contributed by atoms with van der Waals surface area (Å²) < 4.78 is 5.23. The molecule has 0 aliphatic heterocycles. The van der Waals surface area contributed by atoms with Crippen molar-refractivity contribution in [3.8, 4) is 27.3 Å². The monoisotopic (exact) mass is 312 g/mol. The van der Waals surface area contributed by atoms with E-state index in [1.54, 1.807) is 30.2 Å². The normalized spacial score (nSPS) is 10.6. The predicted molar refractivity (Wildman–Crippen MR) is 93.5 cm³/mol. The van der Waals surface area contributed by atoms with E-state index in [1.807, 2.05) is 12.1 Å². The molecule has 106 valence electrons. The van der Waals surface area contributed by atoms with Crippen molar-refractivity contribution in [2.24, 2.45) is 0 Å². The first-order chi connectivity index (χ1) is 10.3. The highest BCUT2D eigenvalue weighted by molar-refractivity contribution is 7.98. The second-order valence-corrected chi connectivity index (χ2v) is 6.42. The van der Waals surface area contributed by atoms with Crippen molar-refractivity contribution in [1.82, 2.24) is 0 Å². The van der Waals surface area contributed by atoms with Crippen LogP contribution in [-0.4, -0.2) is 13.4 Å². The molecule has 2 aromatic carbocycles. The maximum absolute atomic E-state index is 5.23. The minimum Gasteiger partial charge on any atom is -0.497 e. The Morgan fingerprint density at radius 2 is 1.52 bits per heavy atom. The third kappa shape index (κ3) is 2.99. The Hall–Kier alpha value is -1.71. The maximum atomic E-state index is 5.23. The van der Waals surface area contributed by atoms with E-state index < -0.39 is 0 Å². The van der Waals surface area contributed by atoms with Crippen LogP contribution in [0.5, 0.6) is 5.75 Å². The van der Waals surface area contributed by atoms with E-state index in [1.165, 1.54) is 26.5 Å². The van der Waals surface area contributed by atoms with Crippen molar-refractivity contribution >= 4 is 23.1 Å². The number of ether oxygens (including phenoxy) is 1. The zero-order chi connectivity index (χ0) is 14.7. The lowest BCUT2D eigenvalue weighted by molar-refractivity contribution is 0.415. The fraction of sp³-hybridized carbons (Fsp3) is 0.111. The van der Waals surface area contributed by atoms with Crippen molar-refractivity contribution < 1.29 is 4.74 Å². The minimum absolute atomic E-state index is 0.890. The first-order valence-corrected chi connectivity index (χ1v) is 8.78. The number of thioether (sulfide) groups is 1. The minimum atomic E-state index is 0.890. The molecule has 1 aromatic heterocycles. The first-order valence-electron chi connectivity index (χ1n) is 6.68. The molecule has 0 unspecified atom stereocenters. The summed E-state index contributed by atoms with van der Waals surface area (Å²) in [5.74, 6) is 0.890. The van der Waals surface area contributed by atoms with Gasteiger partial charge in [-0.1, -0.05) is 12.1 Å². The lowest BCUT2D eigenvalue weighted by Gasteiger charge is -2.06. The highest BCUT2D eigenvalue weighted by Gasteiger charge is 2.09. The molecule has 0 N–H and O–H groups in total. The van der Waals surface area contributed by atoms with Crippen molar-refractivity contribution in [2.75, 3.05) is 13.4 Å². The van der Waals surface area contributed by atoms with Crippen LogP contribution in [-0.2, 0) is 0 Å². The summed E-state index contributed by atoms with van der Waals surface area (Å²) >= 11 is 3.54. The Kier molecular flexibility index (Phi) is 4.32. The van der Waals surface area contributed by atoms with Gasteiger partial charge in [0.05, 0.1) is 7.11 Å². The number of rotatable bonds is 4. The fourth-order valence-electron chi connectivity index (χ4n) is 2.27. The molecular weight excluding hydrogens is 296 g/mol. The average molecular weight is 312 g/mol. The van der Waals surface area contributed by atoms with Gasteiger partial charge in [-0.3, -0.25) is 0 Å². The van der Waals surface area contributed by atoms with Gasteiger partial charge in [-0.25, -0.2) is 0 Å². The number of hydrogen-bond acceptors (Lipinski definition) is 3. The fourth-order valence-corrected chi connectivity index (χ4v) is 3.61. The summed E-state index contributed by atoms with van der Waals surface area (Å²) in [6.07, 6.45) is 2.10. The number of thiophene rings is 1. The summed E-state index contributed by atoms with van der Waals surface area (Å²) in [6, 6.07) is 19.2. The molecule has 1 heterocycles. The van der Waals surface area contributed by atoms with Crippen LogP contribution in [0.2, 0.25) is 0 Å². The van der Waals surface area contributed by atoms with E-state index in [0.717, 1.165) is 5.75 Å². The SMILES string of the molecule is COc1ccc(-c2sccc2-c2ccc(SC)cc2)cc1. The highest BCUT2D eigenvalue weighted by Crippen LogP contribution is 2.37. The van der Waals surface area contributed by atoms with Crippen molar-refractivity contribution in [1.29, 1.82) is 0 Å². The van der Waals surface area contributed by atoms with Crippen LogP contribution >= 0.6 is 23.1 Å². The summed E-state index contributed by atoms with van der Waals surface area (Å²) in [4.78, 5) is 2.59. The van der Waals surface area contributed by atoms with Gasteiger partial charge in [-0.15, -0.1) is 23.1 Å². The number of benzene rings is 2. The van der Waals surface area contributed by atoms with Gasteiger partial charge in [-0.05, 0) is 65.2 Å². The molecule has 3 rings (SSSR count). The molecule has 21 heavy (non-hydrogen) atoms. The molecule has 0 atom stereocenters. The second kappa shape index (κ2) is 6.37. The Balaban J connectivity index is 1.99. The van der Waals surface area contributed by atoms with Gasteiger partial charge in [-0.2, -0.15) is 0 Å². The molecule has 0 saturated carbocycles. The van der Waals surface area contributed by atoms with Crippen LogP contribution in [0.4, 0.5) is 0 Å². The van der Waals surface area contributed by atoms with Crippen LogP contribution < -0.4 is 4.74 Å². The second-order valence-electron chi connectivity index (χ2n) is 4.62. The molecule has 0 aliphatic carbocycles. The lowest BCUT2D eigenvalue weighted by atomic mass is 10.0. The van der Waals surface area contributed by atoms with E-state index >= 15 is 0 Å². The maximum Gasteiger partial charge on any atom is 0.118 e. The van der Waals surface area contributed by atoms with Crippen LogP contribution in [0.3, 0.4) is 0 Å². The van der Waals surface area contributed by atoms with Crippen molar-refractivity contribution in [3.05, 3.63) is 60.0 Å². The molecule has 0 amide bonds. The third-order valence-electron chi connectivity index (χ3n) is 3.42. The van der Waals surface area contributed by atoms with Crippen LogP contribution in [0.15, 0.2) is 64.9 Å². The zero-order valence-electron chi connectivity index (χ0n) is 12.0. The largest absolute Gasteiger partial charge is 0.497 e. The van der Waals surface area contributed by atoms with Gasteiger partial charge in [0.15, 0.2) is 0 Å². The molecule has 0 spiro atoms. The van der Waals surface area contributed by atoms with Crippen LogP contribution in [0.25, 0.3) is 21.6 Å². The molecular formula is C18H16OS2. The molecule has 0 saturated heterocycles. The Bertz CT molecular complexity index is 650. The van der Waals surface area contributed by atoms with E-state index in [2.05, 4.69) is 54.1 Å². The highest BCUT2D eigenvalue weighted by atomic mass is 32.2. The molecule has 0 fully saturated rings. The summed E-state index contributed by atoms with van der Waals surface area (Å²) in [7, 11) is 1.69. The third-order valence-corrected chi connectivity index (χ3v) is 5.13.